The van der Waals surface area contributed by atoms with Crippen molar-refractivity contribution in [2.45, 2.75) is 0 Å². The van der Waals surface area contributed by atoms with Gasteiger partial charge in [0.2, 0.25) is 0 Å². The summed E-state index contributed by atoms with van der Waals surface area (Å²) in [7, 11) is 0. The third kappa shape index (κ3) is 5.16. The SMILES string of the molecule is c1ccc(-c2ccc3c(c2)sc2c(-c4ccccc4)ccc(N(c4cccc(-n5c6ccccc6c6ccccc65)c4)c4cccc5sc6ccccc6c45)c23)cc1. The summed E-state index contributed by atoms with van der Waals surface area (Å²) in [5, 5.41) is 7.59. The zero-order valence-corrected chi connectivity index (χ0v) is 33.0. The largest absolute Gasteiger partial charge is 0.309 e. The third-order valence-electron chi connectivity index (χ3n) is 11.6. The van der Waals surface area contributed by atoms with E-state index >= 15 is 0 Å². The maximum atomic E-state index is 2.53. The molecule has 0 amide bonds. The molecule has 0 atom stereocenters. The molecule has 0 aliphatic carbocycles. The highest BCUT2D eigenvalue weighted by atomic mass is 32.1. The normalized spacial score (nSPS) is 11.8. The molecule has 272 valence electrons. The second-order valence-corrected chi connectivity index (χ2v) is 17.0. The Balaban J connectivity index is 1.18. The molecular formula is C54H34N2S2. The number of benzene rings is 9. The van der Waals surface area contributed by atoms with Crippen molar-refractivity contribution in [1.29, 1.82) is 0 Å². The minimum Gasteiger partial charge on any atom is -0.309 e. The molecule has 0 N–H and O–H groups in total. The van der Waals surface area contributed by atoms with Gasteiger partial charge in [-0.3, -0.25) is 0 Å². The predicted octanol–water partition coefficient (Wildman–Crippen LogP) is 16.3. The number of thiophene rings is 2. The smallest absolute Gasteiger partial charge is 0.0555 e. The summed E-state index contributed by atoms with van der Waals surface area (Å²) in [5.74, 6) is 0. The Kier molecular flexibility index (Phi) is 7.62. The average molecular weight is 775 g/mol. The molecule has 0 saturated carbocycles. The second kappa shape index (κ2) is 13.3. The van der Waals surface area contributed by atoms with Crippen molar-refractivity contribution in [2.75, 3.05) is 4.90 Å². The first-order valence-corrected chi connectivity index (χ1v) is 21.3. The monoisotopic (exact) mass is 774 g/mol. The van der Waals surface area contributed by atoms with Gasteiger partial charge < -0.3 is 9.47 Å². The fourth-order valence-electron chi connectivity index (χ4n) is 9.03. The van der Waals surface area contributed by atoms with Crippen LogP contribution in [0.15, 0.2) is 206 Å². The molecule has 0 saturated heterocycles. The van der Waals surface area contributed by atoms with Gasteiger partial charge in [-0.05, 0) is 82.9 Å². The fraction of sp³-hybridized carbons (Fsp3) is 0. The van der Waals surface area contributed by atoms with Gasteiger partial charge in [0.05, 0.1) is 22.4 Å². The summed E-state index contributed by atoms with van der Waals surface area (Å²) in [4.78, 5) is 2.53. The van der Waals surface area contributed by atoms with Crippen LogP contribution >= 0.6 is 22.7 Å². The minimum absolute atomic E-state index is 1.11. The molecule has 0 radical (unpaired) electrons. The number of fused-ring (bicyclic) bond motifs is 9. The first kappa shape index (κ1) is 33.2. The number of rotatable bonds is 6. The average Bonchev–Trinajstić information content (AvgIpc) is 3.97. The van der Waals surface area contributed by atoms with Crippen LogP contribution < -0.4 is 4.90 Å². The number of anilines is 3. The topological polar surface area (TPSA) is 8.17 Å². The van der Waals surface area contributed by atoms with E-state index in [1.165, 1.54) is 90.1 Å². The van der Waals surface area contributed by atoms with Crippen LogP contribution in [0.4, 0.5) is 17.1 Å². The van der Waals surface area contributed by atoms with Crippen molar-refractivity contribution in [1.82, 2.24) is 4.57 Å². The number of hydrogen-bond acceptors (Lipinski definition) is 3. The predicted molar refractivity (Wildman–Crippen MR) is 252 cm³/mol. The number of para-hydroxylation sites is 2. The Morgan fingerprint density at radius 1 is 0.362 bits per heavy atom. The zero-order chi connectivity index (χ0) is 38.2. The van der Waals surface area contributed by atoms with Crippen molar-refractivity contribution < 1.29 is 0 Å². The summed E-state index contributed by atoms with van der Waals surface area (Å²) in [5.41, 5.74) is 11.9. The van der Waals surface area contributed by atoms with E-state index in [1.807, 2.05) is 22.7 Å². The Bertz CT molecular complexity index is 3470. The van der Waals surface area contributed by atoms with Crippen molar-refractivity contribution in [3.63, 3.8) is 0 Å². The van der Waals surface area contributed by atoms with Crippen molar-refractivity contribution >= 4 is 102 Å². The van der Waals surface area contributed by atoms with E-state index in [1.54, 1.807) is 0 Å². The highest BCUT2D eigenvalue weighted by Gasteiger charge is 2.24. The molecule has 12 aromatic rings. The van der Waals surface area contributed by atoms with E-state index in [2.05, 4.69) is 216 Å². The van der Waals surface area contributed by atoms with Crippen LogP contribution in [0.1, 0.15) is 0 Å². The summed E-state index contributed by atoms with van der Waals surface area (Å²) >= 11 is 3.76. The lowest BCUT2D eigenvalue weighted by Gasteiger charge is -2.28. The van der Waals surface area contributed by atoms with E-state index in [0.29, 0.717) is 0 Å². The molecule has 0 aliphatic heterocycles. The molecule has 12 rings (SSSR count). The van der Waals surface area contributed by atoms with Crippen LogP contribution in [-0.4, -0.2) is 4.57 Å². The van der Waals surface area contributed by atoms with Gasteiger partial charge >= 0.3 is 0 Å². The van der Waals surface area contributed by atoms with Gasteiger partial charge in [0.1, 0.15) is 0 Å². The zero-order valence-electron chi connectivity index (χ0n) is 31.3. The maximum Gasteiger partial charge on any atom is 0.0555 e. The lowest BCUT2D eigenvalue weighted by Crippen LogP contribution is -2.11. The van der Waals surface area contributed by atoms with Gasteiger partial charge in [0.15, 0.2) is 0 Å². The molecule has 0 unspecified atom stereocenters. The van der Waals surface area contributed by atoms with E-state index in [-0.39, 0.29) is 0 Å². The summed E-state index contributed by atoms with van der Waals surface area (Å²) in [6, 6.07) is 75.7. The molecule has 4 heteroatoms. The van der Waals surface area contributed by atoms with E-state index in [4.69, 9.17) is 0 Å². The molecule has 3 heterocycles. The van der Waals surface area contributed by atoms with Crippen LogP contribution in [0.3, 0.4) is 0 Å². The number of hydrogen-bond donors (Lipinski definition) is 0. The lowest BCUT2D eigenvalue weighted by atomic mass is 9.98. The molecule has 0 bridgehead atoms. The van der Waals surface area contributed by atoms with Crippen molar-refractivity contribution in [2.24, 2.45) is 0 Å². The molecule has 0 spiro atoms. The Morgan fingerprint density at radius 3 is 1.76 bits per heavy atom. The fourth-order valence-corrected chi connectivity index (χ4v) is 11.5. The van der Waals surface area contributed by atoms with Crippen LogP contribution in [0.25, 0.3) is 90.1 Å². The highest BCUT2D eigenvalue weighted by Crippen LogP contribution is 2.51. The van der Waals surface area contributed by atoms with Gasteiger partial charge in [-0.2, -0.15) is 0 Å². The number of aromatic nitrogens is 1. The molecule has 0 aliphatic rings. The first-order valence-electron chi connectivity index (χ1n) is 19.7. The minimum atomic E-state index is 1.11. The van der Waals surface area contributed by atoms with Gasteiger partial charge in [0.25, 0.3) is 0 Å². The molecule has 9 aromatic carbocycles. The van der Waals surface area contributed by atoms with E-state index < -0.39 is 0 Å². The Hall–Kier alpha value is -6.98. The molecule has 58 heavy (non-hydrogen) atoms. The van der Waals surface area contributed by atoms with Gasteiger partial charge in [-0.15, -0.1) is 22.7 Å². The summed E-state index contributed by atoms with van der Waals surface area (Å²) in [6.45, 7) is 0. The first-order chi connectivity index (χ1) is 28.8. The highest BCUT2D eigenvalue weighted by molar-refractivity contribution is 7.26. The standard InChI is InChI=1S/C54H34N2S2/c1-3-15-35(16-4-1)37-29-30-44-51(33-37)58-54-40(36-17-5-2-6-18-36)31-32-48(53(44)54)56(47-26-14-28-50-52(47)43-23-9-12-27-49(43)57-50)39-20-13-19-38(34-39)55-45-24-10-7-21-41(45)42-22-8-11-25-46(42)55/h1-34H. The van der Waals surface area contributed by atoms with Gasteiger partial charge in [-0.25, -0.2) is 0 Å². The molecular weight excluding hydrogens is 741 g/mol. The van der Waals surface area contributed by atoms with Crippen LogP contribution in [0, 0.1) is 0 Å². The lowest BCUT2D eigenvalue weighted by molar-refractivity contribution is 1.17. The molecule has 2 nitrogen and oxygen atoms in total. The van der Waals surface area contributed by atoms with Crippen LogP contribution in [0.2, 0.25) is 0 Å². The van der Waals surface area contributed by atoms with Crippen LogP contribution in [-0.2, 0) is 0 Å². The summed E-state index contributed by atoms with van der Waals surface area (Å²) in [6.07, 6.45) is 0. The quantitative estimate of drug-likeness (QED) is 0.163. The maximum absolute atomic E-state index is 2.53. The number of nitrogens with zero attached hydrogens (tertiary/aromatic N) is 2. The molecule has 0 fully saturated rings. The van der Waals surface area contributed by atoms with Crippen molar-refractivity contribution in [3.05, 3.63) is 206 Å². The molecule has 3 aromatic heterocycles. The Morgan fingerprint density at radius 2 is 0.983 bits per heavy atom. The van der Waals surface area contributed by atoms with Crippen molar-refractivity contribution in [3.8, 4) is 27.9 Å². The second-order valence-electron chi connectivity index (χ2n) is 14.9. The Labute approximate surface area is 343 Å². The van der Waals surface area contributed by atoms with Gasteiger partial charge in [-0.1, -0.05) is 146 Å². The third-order valence-corrected chi connectivity index (χ3v) is 13.9. The van der Waals surface area contributed by atoms with Gasteiger partial charge in [0, 0.05) is 62.5 Å². The van der Waals surface area contributed by atoms with Crippen LogP contribution in [0.5, 0.6) is 0 Å². The summed E-state index contributed by atoms with van der Waals surface area (Å²) < 4.78 is 7.56. The van der Waals surface area contributed by atoms with E-state index in [0.717, 1.165) is 17.1 Å². The van der Waals surface area contributed by atoms with E-state index in [9.17, 15) is 0 Å².